The molecule has 3 nitrogen and oxygen atoms in total. The minimum absolute atomic E-state index is 0.136. The molecule has 4 aromatic rings. The summed E-state index contributed by atoms with van der Waals surface area (Å²) in [7, 11) is 0. The predicted molar refractivity (Wildman–Crippen MR) is 236 cm³/mol. The van der Waals surface area contributed by atoms with Crippen molar-refractivity contribution in [3.05, 3.63) is 95.1 Å². The van der Waals surface area contributed by atoms with Crippen molar-refractivity contribution >= 4 is 47.0 Å². The van der Waals surface area contributed by atoms with Gasteiger partial charge in [-0.15, -0.1) is 47.0 Å². The summed E-state index contributed by atoms with van der Waals surface area (Å²) in [6.07, 6.45) is 0. The first kappa shape index (κ1) is 43.4. The lowest BCUT2D eigenvalue weighted by atomic mass is 9.85. The van der Waals surface area contributed by atoms with E-state index in [9.17, 15) is 10.2 Å². The van der Waals surface area contributed by atoms with E-state index in [0.717, 1.165) is 32.4 Å². The molecule has 0 unspecified atom stereocenters. The van der Waals surface area contributed by atoms with Crippen LogP contribution < -0.4 is 4.74 Å². The van der Waals surface area contributed by atoms with Gasteiger partial charge in [-0.3, -0.25) is 0 Å². The number of hydrogen-bond acceptors (Lipinski definition) is 7. The highest BCUT2D eigenvalue weighted by molar-refractivity contribution is 8.18. The summed E-state index contributed by atoms with van der Waals surface area (Å²) in [5.74, 6) is 2.46. The number of ether oxygens (including phenoxy) is 1. The van der Waals surface area contributed by atoms with Crippen molar-refractivity contribution in [1.29, 1.82) is 0 Å². The molecule has 0 radical (unpaired) electrons. The molecule has 0 amide bonds. The molecular weight excluding hydrogens is 729 g/mol. The Labute approximate surface area is 338 Å². The molecule has 0 fully saturated rings. The Morgan fingerprint density at radius 1 is 0.358 bits per heavy atom. The summed E-state index contributed by atoms with van der Waals surface area (Å²) in [5.41, 5.74) is 3.72. The lowest BCUT2D eigenvalue weighted by molar-refractivity contribution is 0.434. The van der Waals surface area contributed by atoms with Gasteiger partial charge >= 0.3 is 0 Å². The number of thioether (sulfide) groups is 4. The van der Waals surface area contributed by atoms with E-state index >= 15 is 0 Å². The Hall–Kier alpha value is -2.32. The summed E-state index contributed by atoms with van der Waals surface area (Å²) in [6.45, 7) is 35.3. The van der Waals surface area contributed by atoms with Crippen molar-refractivity contribution in [2.45, 2.75) is 160 Å². The first-order valence-corrected chi connectivity index (χ1v) is 21.7. The van der Waals surface area contributed by atoms with Crippen LogP contribution >= 0.6 is 47.0 Å². The maximum absolute atomic E-state index is 10.5. The number of phenols is 2. The van der Waals surface area contributed by atoms with Crippen LogP contribution in [-0.2, 0) is 21.7 Å². The molecule has 4 rings (SSSR count). The van der Waals surface area contributed by atoms with E-state index in [-0.39, 0.29) is 29.8 Å². The number of benzene rings is 4. The molecule has 0 aromatic heterocycles. The van der Waals surface area contributed by atoms with Gasteiger partial charge in [0.1, 0.15) is 23.0 Å². The molecule has 7 heteroatoms. The van der Waals surface area contributed by atoms with Crippen LogP contribution in [-0.4, -0.2) is 18.4 Å². The Morgan fingerprint density at radius 3 is 0.868 bits per heavy atom. The van der Waals surface area contributed by atoms with E-state index in [1.165, 1.54) is 20.9 Å². The molecule has 2 N–H and O–H groups in total. The molecular formula is C46H62O3S4. The van der Waals surface area contributed by atoms with Crippen LogP contribution in [0.4, 0.5) is 0 Å². The number of phenolic OH excluding ortho intramolecular Hbond substituents is 2. The zero-order chi connectivity index (χ0) is 39.9. The Kier molecular flexibility index (Phi) is 12.8. The van der Waals surface area contributed by atoms with E-state index in [1.807, 2.05) is 71.3 Å². The van der Waals surface area contributed by atoms with Crippen molar-refractivity contribution in [3.63, 3.8) is 0 Å². The first-order valence-electron chi connectivity index (χ1n) is 18.4. The minimum atomic E-state index is -0.153. The van der Waals surface area contributed by atoms with Crippen molar-refractivity contribution in [2.24, 2.45) is 0 Å². The summed E-state index contributed by atoms with van der Waals surface area (Å²) < 4.78 is 6.59. The molecule has 0 heterocycles. The fraction of sp³-hybridized carbons (Fsp3) is 0.478. The molecule has 0 bridgehead atoms. The molecule has 0 aliphatic heterocycles. The SMILES string of the molecule is CC(C)(Sc1ccc(O)c(C(C)(C)C)c1)Sc1ccc(Oc2ccc(SC(C)(C)Sc3ccc(O)c(C(C)(C)C)c3)cc2C(C)(C)C)c(C(C)(C)C)c1. The number of hydrogen-bond donors (Lipinski definition) is 2. The van der Waals surface area contributed by atoms with Gasteiger partial charge in [0, 0.05) is 41.8 Å². The average Bonchev–Trinajstić information content (AvgIpc) is 2.98. The van der Waals surface area contributed by atoms with E-state index in [4.69, 9.17) is 4.74 Å². The normalized spacial score (nSPS) is 13.4. The van der Waals surface area contributed by atoms with Crippen LogP contribution in [0.5, 0.6) is 23.0 Å². The van der Waals surface area contributed by atoms with Gasteiger partial charge in [-0.25, -0.2) is 0 Å². The Bertz CT molecular complexity index is 1780. The fourth-order valence-corrected chi connectivity index (χ4v) is 11.2. The van der Waals surface area contributed by atoms with Crippen LogP contribution in [0.1, 0.15) is 133 Å². The highest BCUT2D eigenvalue weighted by Gasteiger charge is 2.29. The fourth-order valence-electron chi connectivity index (χ4n) is 6.15. The zero-order valence-electron chi connectivity index (χ0n) is 34.9. The second-order valence-corrected chi connectivity index (χ2v) is 26.3. The van der Waals surface area contributed by atoms with Gasteiger partial charge < -0.3 is 14.9 Å². The lowest BCUT2D eigenvalue weighted by Crippen LogP contribution is -2.16. The summed E-state index contributed by atoms with van der Waals surface area (Å²) in [4.78, 5) is 4.69. The van der Waals surface area contributed by atoms with Gasteiger partial charge in [0.2, 0.25) is 0 Å². The van der Waals surface area contributed by atoms with Crippen LogP contribution in [0.25, 0.3) is 0 Å². The average molecular weight is 791 g/mol. The predicted octanol–water partition coefficient (Wildman–Crippen LogP) is 15.3. The number of rotatable bonds is 10. The van der Waals surface area contributed by atoms with Crippen molar-refractivity contribution < 1.29 is 14.9 Å². The van der Waals surface area contributed by atoms with Crippen LogP contribution in [0, 0.1) is 0 Å². The highest BCUT2D eigenvalue weighted by Crippen LogP contribution is 2.50. The topological polar surface area (TPSA) is 49.7 Å². The summed E-state index contributed by atoms with van der Waals surface area (Å²) >= 11 is 7.34. The van der Waals surface area contributed by atoms with Crippen LogP contribution in [0.15, 0.2) is 92.4 Å². The molecule has 288 valence electrons. The lowest BCUT2D eigenvalue weighted by Gasteiger charge is -2.29. The Morgan fingerprint density at radius 2 is 0.604 bits per heavy atom. The minimum Gasteiger partial charge on any atom is -0.508 e. The van der Waals surface area contributed by atoms with E-state index in [2.05, 4.69) is 159 Å². The van der Waals surface area contributed by atoms with Crippen LogP contribution in [0.3, 0.4) is 0 Å². The number of aromatic hydroxyl groups is 2. The van der Waals surface area contributed by atoms with Gasteiger partial charge in [0.15, 0.2) is 0 Å². The molecule has 0 saturated carbocycles. The maximum atomic E-state index is 10.5. The molecule has 0 aliphatic rings. The standard InChI is InChI=1S/C46H62O3S4/c1-41(2,3)33-25-29(17-21-37(33)47)50-45(13,14)52-31-19-23-39(35(27-31)43(7,8)9)49-40-24-20-32(28-36(40)44(10,11)12)53-46(15,16)51-30-18-22-38(48)34(26-30)42(4,5)6/h17-28,47-48H,1-16H3. The van der Waals surface area contributed by atoms with Crippen molar-refractivity contribution in [3.8, 4) is 23.0 Å². The van der Waals surface area contributed by atoms with Gasteiger partial charge in [-0.05, 0) is 122 Å². The largest absolute Gasteiger partial charge is 0.508 e. The molecule has 0 spiro atoms. The smallest absolute Gasteiger partial charge is 0.131 e. The third-order valence-corrected chi connectivity index (χ3v) is 13.7. The Balaban J connectivity index is 1.59. The van der Waals surface area contributed by atoms with E-state index in [0.29, 0.717) is 11.5 Å². The molecule has 0 atom stereocenters. The monoisotopic (exact) mass is 790 g/mol. The molecule has 0 saturated heterocycles. The highest BCUT2D eigenvalue weighted by atomic mass is 32.2. The first-order chi connectivity index (χ1) is 24.0. The van der Waals surface area contributed by atoms with Gasteiger partial charge in [0.05, 0.1) is 8.16 Å². The molecule has 0 aliphatic carbocycles. The zero-order valence-corrected chi connectivity index (χ0v) is 38.1. The third-order valence-electron chi connectivity index (χ3n) is 8.74. The van der Waals surface area contributed by atoms with Crippen LogP contribution in [0.2, 0.25) is 0 Å². The summed E-state index contributed by atoms with van der Waals surface area (Å²) in [5, 5.41) is 21.0. The quantitative estimate of drug-likeness (QED) is 0.123. The molecule has 53 heavy (non-hydrogen) atoms. The van der Waals surface area contributed by atoms with Gasteiger partial charge in [0.25, 0.3) is 0 Å². The second-order valence-electron chi connectivity index (χ2n) is 19.0. The summed E-state index contributed by atoms with van der Waals surface area (Å²) in [6, 6.07) is 25.2. The van der Waals surface area contributed by atoms with Crippen molar-refractivity contribution in [2.75, 3.05) is 0 Å². The van der Waals surface area contributed by atoms with Gasteiger partial charge in [-0.2, -0.15) is 0 Å². The molecule has 4 aromatic carbocycles. The van der Waals surface area contributed by atoms with Crippen molar-refractivity contribution in [1.82, 2.24) is 0 Å². The van der Waals surface area contributed by atoms with Gasteiger partial charge in [-0.1, -0.05) is 83.1 Å². The van der Waals surface area contributed by atoms with E-state index in [1.54, 1.807) is 0 Å². The maximum Gasteiger partial charge on any atom is 0.131 e. The van der Waals surface area contributed by atoms with E-state index < -0.39 is 0 Å². The second kappa shape index (κ2) is 15.7. The third kappa shape index (κ3) is 11.8.